The van der Waals surface area contributed by atoms with E-state index in [4.69, 9.17) is 4.74 Å². The molecule has 1 N–H and O–H groups in total. The number of carbonyl (C=O) groups excluding carboxylic acids is 1. The Morgan fingerprint density at radius 2 is 1.85 bits per heavy atom. The first-order valence-corrected chi connectivity index (χ1v) is 9.98. The van der Waals surface area contributed by atoms with Gasteiger partial charge in [0.05, 0.1) is 9.82 Å². The summed E-state index contributed by atoms with van der Waals surface area (Å²) < 4.78 is 32.0. The number of carbonyl (C=O) groups is 1. The van der Waals surface area contributed by atoms with Crippen molar-refractivity contribution < 1.29 is 22.9 Å². The fourth-order valence-corrected chi connectivity index (χ4v) is 4.68. The summed E-state index contributed by atoms with van der Waals surface area (Å²) in [6, 6.07) is 4.79. The van der Waals surface area contributed by atoms with Gasteiger partial charge in [-0.25, -0.2) is 8.42 Å². The normalized spacial score (nSPS) is 22.2. The second-order valence-electron chi connectivity index (χ2n) is 6.44. The molecule has 3 rings (SSSR count). The lowest BCUT2D eigenvalue weighted by Crippen LogP contribution is -2.48. The average molecular weight is 383 g/mol. The lowest BCUT2D eigenvalue weighted by atomic mass is 10.1. The zero-order valence-electron chi connectivity index (χ0n) is 14.2. The summed E-state index contributed by atoms with van der Waals surface area (Å²) in [4.78, 5) is 22.2. The molecular weight excluding hydrogens is 362 g/mol. The molecule has 1 atom stereocenters. The first-order valence-electron chi connectivity index (χ1n) is 8.54. The predicted molar refractivity (Wildman–Crippen MR) is 92.0 cm³/mol. The minimum Gasteiger partial charge on any atom is -0.368 e. The first kappa shape index (κ1) is 18.7. The highest BCUT2D eigenvalue weighted by molar-refractivity contribution is 7.89. The Morgan fingerprint density at radius 3 is 2.38 bits per heavy atom. The maximum Gasteiger partial charge on any atom is 0.269 e. The van der Waals surface area contributed by atoms with Gasteiger partial charge < -0.3 is 10.1 Å². The number of non-ortho nitro benzene ring substituents is 1. The van der Waals surface area contributed by atoms with Crippen molar-refractivity contribution in [3.8, 4) is 0 Å². The molecule has 2 heterocycles. The zero-order valence-corrected chi connectivity index (χ0v) is 15.0. The fraction of sp³-hybridized carbons (Fsp3) is 0.562. The van der Waals surface area contributed by atoms with Crippen LogP contribution in [-0.4, -0.2) is 55.4 Å². The number of amides is 1. The number of ether oxygens (including phenoxy) is 1. The first-order chi connectivity index (χ1) is 12.4. The van der Waals surface area contributed by atoms with Crippen LogP contribution < -0.4 is 5.32 Å². The molecule has 2 fully saturated rings. The third-order valence-corrected chi connectivity index (χ3v) is 6.62. The third-order valence-electron chi connectivity index (χ3n) is 4.71. The van der Waals surface area contributed by atoms with E-state index >= 15 is 0 Å². The van der Waals surface area contributed by atoms with Gasteiger partial charge in [0, 0.05) is 37.9 Å². The number of nitro benzene ring substituents is 1. The second-order valence-corrected chi connectivity index (χ2v) is 8.38. The van der Waals surface area contributed by atoms with Crippen LogP contribution in [0.3, 0.4) is 0 Å². The van der Waals surface area contributed by atoms with E-state index in [9.17, 15) is 23.3 Å². The molecule has 2 aliphatic heterocycles. The molecular formula is C16H21N3O6S. The number of piperidine rings is 1. The van der Waals surface area contributed by atoms with Crippen LogP contribution in [0, 0.1) is 10.1 Å². The molecule has 1 aromatic rings. The van der Waals surface area contributed by atoms with Crippen LogP contribution >= 0.6 is 0 Å². The lowest BCUT2D eigenvalue weighted by Gasteiger charge is -2.32. The summed E-state index contributed by atoms with van der Waals surface area (Å²) in [5.74, 6) is -0.126. The Morgan fingerprint density at radius 1 is 1.19 bits per heavy atom. The topological polar surface area (TPSA) is 119 Å². The van der Waals surface area contributed by atoms with E-state index in [0.717, 1.165) is 12.8 Å². The van der Waals surface area contributed by atoms with Crippen molar-refractivity contribution in [3.05, 3.63) is 34.4 Å². The number of rotatable bonds is 5. The van der Waals surface area contributed by atoms with Crippen molar-refractivity contribution in [3.63, 3.8) is 0 Å². The monoisotopic (exact) mass is 383 g/mol. The minimum atomic E-state index is -3.70. The fourth-order valence-electron chi connectivity index (χ4n) is 3.21. The van der Waals surface area contributed by atoms with E-state index in [1.807, 2.05) is 0 Å². The van der Waals surface area contributed by atoms with Crippen molar-refractivity contribution in [2.24, 2.45) is 0 Å². The van der Waals surface area contributed by atoms with Crippen molar-refractivity contribution in [1.82, 2.24) is 9.62 Å². The van der Waals surface area contributed by atoms with Gasteiger partial charge in [0.1, 0.15) is 6.10 Å². The molecule has 142 valence electrons. The van der Waals surface area contributed by atoms with Crippen LogP contribution in [0.4, 0.5) is 5.69 Å². The van der Waals surface area contributed by atoms with Crippen LogP contribution in [-0.2, 0) is 19.6 Å². The van der Waals surface area contributed by atoms with Gasteiger partial charge in [-0.3, -0.25) is 14.9 Å². The predicted octanol–water partition coefficient (Wildman–Crippen LogP) is 1.04. The van der Waals surface area contributed by atoms with Gasteiger partial charge in [-0.05, 0) is 37.8 Å². The largest absolute Gasteiger partial charge is 0.368 e. The van der Waals surface area contributed by atoms with Gasteiger partial charge in [-0.2, -0.15) is 4.31 Å². The maximum atomic E-state index is 12.7. The second kappa shape index (κ2) is 7.68. The summed E-state index contributed by atoms with van der Waals surface area (Å²) >= 11 is 0. The van der Waals surface area contributed by atoms with Gasteiger partial charge >= 0.3 is 0 Å². The molecule has 0 radical (unpaired) electrons. The SMILES string of the molecule is O=C(NC1CCN(S(=O)(=O)c2ccc([N+](=O)[O-])cc2)CC1)C1CCCO1. The molecule has 10 heteroatoms. The highest BCUT2D eigenvalue weighted by atomic mass is 32.2. The summed E-state index contributed by atoms with van der Waals surface area (Å²) in [6.45, 7) is 1.18. The Balaban J connectivity index is 1.57. The van der Waals surface area contributed by atoms with Gasteiger partial charge in [0.15, 0.2) is 0 Å². The highest BCUT2D eigenvalue weighted by Gasteiger charge is 2.32. The van der Waals surface area contributed by atoms with Gasteiger partial charge in [0.25, 0.3) is 5.69 Å². The molecule has 0 aromatic heterocycles. The average Bonchev–Trinajstić information content (AvgIpc) is 3.17. The number of nitrogens with zero attached hydrogens (tertiary/aromatic N) is 2. The summed E-state index contributed by atoms with van der Waals surface area (Å²) in [5, 5.41) is 13.6. The Labute approximate surface area is 151 Å². The molecule has 2 saturated heterocycles. The molecule has 2 aliphatic rings. The van der Waals surface area contributed by atoms with E-state index in [2.05, 4.69) is 5.32 Å². The number of nitrogens with one attached hydrogen (secondary N) is 1. The third kappa shape index (κ3) is 4.02. The van der Waals surface area contributed by atoms with Crippen LogP contribution in [0.15, 0.2) is 29.2 Å². The van der Waals surface area contributed by atoms with Crippen molar-refractivity contribution >= 4 is 21.6 Å². The number of hydrogen-bond donors (Lipinski definition) is 1. The van der Waals surface area contributed by atoms with E-state index < -0.39 is 21.1 Å². The number of nitro groups is 1. The van der Waals surface area contributed by atoms with Crippen LogP contribution in [0.2, 0.25) is 0 Å². The van der Waals surface area contributed by atoms with Crippen LogP contribution in [0.25, 0.3) is 0 Å². The van der Waals surface area contributed by atoms with E-state index in [-0.39, 0.29) is 35.6 Å². The lowest BCUT2D eigenvalue weighted by molar-refractivity contribution is -0.384. The summed E-state index contributed by atoms with van der Waals surface area (Å²) in [6.07, 6.45) is 2.25. The quantitative estimate of drug-likeness (QED) is 0.599. The Bertz CT molecular complexity index is 766. The molecule has 0 spiro atoms. The molecule has 1 unspecified atom stereocenters. The van der Waals surface area contributed by atoms with Gasteiger partial charge in [0.2, 0.25) is 15.9 Å². The molecule has 1 aromatic carbocycles. The van der Waals surface area contributed by atoms with Crippen molar-refractivity contribution in [1.29, 1.82) is 0 Å². The van der Waals surface area contributed by atoms with Crippen LogP contribution in [0.1, 0.15) is 25.7 Å². The van der Waals surface area contributed by atoms with E-state index in [0.29, 0.717) is 19.4 Å². The highest BCUT2D eigenvalue weighted by Crippen LogP contribution is 2.23. The molecule has 0 bridgehead atoms. The number of sulfonamides is 1. The molecule has 1 amide bonds. The number of benzene rings is 1. The zero-order chi connectivity index (χ0) is 18.7. The van der Waals surface area contributed by atoms with E-state index in [1.165, 1.54) is 28.6 Å². The van der Waals surface area contributed by atoms with Gasteiger partial charge in [-0.15, -0.1) is 0 Å². The summed E-state index contributed by atoms with van der Waals surface area (Å²) in [7, 11) is -3.70. The maximum absolute atomic E-state index is 12.7. The van der Waals surface area contributed by atoms with E-state index in [1.54, 1.807) is 0 Å². The van der Waals surface area contributed by atoms with Crippen molar-refractivity contribution in [2.75, 3.05) is 19.7 Å². The van der Waals surface area contributed by atoms with Crippen molar-refractivity contribution in [2.45, 2.75) is 42.7 Å². The summed E-state index contributed by atoms with van der Waals surface area (Å²) in [5.41, 5.74) is -0.153. The molecule has 0 saturated carbocycles. The van der Waals surface area contributed by atoms with Crippen LogP contribution in [0.5, 0.6) is 0 Å². The Hall–Kier alpha value is -2.04. The molecule has 0 aliphatic carbocycles. The smallest absolute Gasteiger partial charge is 0.269 e. The molecule has 9 nitrogen and oxygen atoms in total. The minimum absolute atomic E-state index is 0.0324. The standard InChI is InChI=1S/C16H21N3O6S/c20-16(15-2-1-11-25-15)17-12-7-9-18(10-8-12)26(23,24)14-5-3-13(4-6-14)19(21)22/h3-6,12,15H,1-2,7-11H2,(H,17,20). The van der Waals surface area contributed by atoms with Gasteiger partial charge in [-0.1, -0.05) is 0 Å². The Kier molecular flexibility index (Phi) is 5.54. The molecule has 26 heavy (non-hydrogen) atoms. The number of hydrogen-bond acceptors (Lipinski definition) is 6.